The molecule has 82 valence electrons. The molecule has 0 aromatic heterocycles. The van der Waals surface area contributed by atoms with E-state index >= 15 is 0 Å². The van der Waals surface area contributed by atoms with Gasteiger partial charge >= 0.3 is 0 Å². The molecule has 6 heteroatoms. The molecule has 1 amide bonds. The lowest BCUT2D eigenvalue weighted by molar-refractivity contribution is -0.128. The van der Waals surface area contributed by atoms with Gasteiger partial charge in [-0.25, -0.2) is 0 Å². The molecule has 1 fully saturated rings. The zero-order valence-electron chi connectivity index (χ0n) is 8.35. The Labute approximate surface area is 85.6 Å². The summed E-state index contributed by atoms with van der Waals surface area (Å²) in [6.07, 6.45) is 0.172. The first-order chi connectivity index (χ1) is 6.61. The van der Waals surface area contributed by atoms with Crippen molar-refractivity contribution in [2.75, 3.05) is 13.2 Å². The van der Waals surface area contributed by atoms with Crippen molar-refractivity contribution in [3.63, 3.8) is 0 Å². The fourth-order valence-electron chi connectivity index (χ4n) is 1.57. The summed E-state index contributed by atoms with van der Waals surface area (Å²) in [5.74, 6) is 0.193. The average Bonchev–Trinajstić information content (AvgIpc) is 2.50. The summed E-state index contributed by atoms with van der Waals surface area (Å²) in [7, 11) is -0.883. The Kier molecular flexibility index (Phi) is 4.53. The smallest absolute Gasteiger partial charge is 0.222 e. The number of hydrogen-bond donors (Lipinski definition) is 2. The topological polar surface area (TPSA) is 70.0 Å². The van der Waals surface area contributed by atoms with E-state index in [1.54, 1.807) is 0 Å². The molecule has 1 saturated heterocycles. The zero-order chi connectivity index (χ0) is 10.6. The summed E-state index contributed by atoms with van der Waals surface area (Å²) in [6, 6.07) is 0. The van der Waals surface area contributed by atoms with Gasteiger partial charge in [-0.15, -0.1) is 0 Å². The Hall–Kier alpha value is -0.433. The van der Waals surface area contributed by atoms with E-state index in [4.69, 9.17) is 14.6 Å². The molecule has 1 heterocycles. The van der Waals surface area contributed by atoms with Crippen LogP contribution in [0, 0.1) is 0 Å². The van der Waals surface area contributed by atoms with Crippen LogP contribution in [0.15, 0.2) is 0 Å². The van der Waals surface area contributed by atoms with Crippen LogP contribution in [0.2, 0.25) is 0 Å². The van der Waals surface area contributed by atoms with Crippen molar-refractivity contribution >= 4 is 15.7 Å². The number of likely N-dealkylation sites (tertiary alicyclic amines) is 1. The van der Waals surface area contributed by atoms with Crippen LogP contribution in [-0.2, 0) is 9.22 Å². The third kappa shape index (κ3) is 3.37. The molecule has 2 N–H and O–H groups in total. The van der Waals surface area contributed by atoms with Crippen molar-refractivity contribution in [2.24, 2.45) is 0 Å². The lowest BCUT2D eigenvalue weighted by atomic mass is 10.4. The van der Waals surface area contributed by atoms with Crippen molar-refractivity contribution in [3.8, 4) is 0 Å². The molecule has 0 bridgehead atoms. The van der Waals surface area contributed by atoms with Crippen LogP contribution in [-0.4, -0.2) is 55.9 Å². The van der Waals surface area contributed by atoms with Crippen molar-refractivity contribution in [1.82, 2.24) is 4.90 Å². The molecule has 0 aromatic rings. The molecule has 14 heavy (non-hydrogen) atoms. The average molecular weight is 219 g/mol. The first-order valence-electron chi connectivity index (χ1n) is 4.84. The number of nitrogens with zero attached hydrogens (tertiary/aromatic N) is 1. The van der Waals surface area contributed by atoms with Crippen LogP contribution in [0.3, 0.4) is 0 Å². The Morgan fingerprint density at radius 1 is 1.64 bits per heavy atom. The minimum Gasteiger partial charge on any atom is -0.417 e. The zero-order valence-corrected chi connectivity index (χ0v) is 9.76. The molecule has 1 unspecified atom stereocenters. The summed E-state index contributed by atoms with van der Waals surface area (Å²) < 4.78 is 5.16. The Morgan fingerprint density at radius 3 is 2.86 bits per heavy atom. The summed E-state index contributed by atoms with van der Waals surface area (Å²) in [6.45, 7) is 2.73. The van der Waals surface area contributed by atoms with Gasteiger partial charge in [0.2, 0.25) is 5.91 Å². The number of carbonyl (C=O) groups excluding carboxylic acids is 1. The predicted octanol–water partition coefficient (Wildman–Crippen LogP) is -1.63. The molecule has 5 nitrogen and oxygen atoms in total. The van der Waals surface area contributed by atoms with Crippen LogP contribution in [0.1, 0.15) is 19.8 Å². The van der Waals surface area contributed by atoms with E-state index in [9.17, 15) is 4.79 Å². The fourth-order valence-corrected chi connectivity index (χ4v) is 2.82. The van der Waals surface area contributed by atoms with E-state index in [0.29, 0.717) is 6.42 Å². The Bertz CT molecular complexity index is 200. The van der Waals surface area contributed by atoms with Crippen molar-refractivity contribution in [2.45, 2.75) is 31.7 Å². The van der Waals surface area contributed by atoms with Gasteiger partial charge in [0, 0.05) is 18.6 Å². The van der Waals surface area contributed by atoms with E-state index in [0.717, 1.165) is 13.0 Å². The number of carbonyl (C=O) groups is 1. The van der Waals surface area contributed by atoms with Gasteiger partial charge in [0.1, 0.15) is 0 Å². The van der Waals surface area contributed by atoms with E-state index in [1.165, 1.54) is 0 Å². The van der Waals surface area contributed by atoms with Crippen LogP contribution >= 0.6 is 0 Å². The monoisotopic (exact) mass is 219 g/mol. The second kappa shape index (κ2) is 5.45. The molecule has 0 radical (unpaired) electrons. The van der Waals surface area contributed by atoms with Gasteiger partial charge in [0.05, 0.1) is 6.61 Å². The van der Waals surface area contributed by atoms with Gasteiger partial charge < -0.3 is 19.5 Å². The third-order valence-electron chi connectivity index (χ3n) is 2.27. The molecule has 0 aromatic carbocycles. The van der Waals surface area contributed by atoms with Crippen molar-refractivity contribution < 1.29 is 19.4 Å². The van der Waals surface area contributed by atoms with Crippen molar-refractivity contribution in [1.29, 1.82) is 0 Å². The van der Waals surface area contributed by atoms with Gasteiger partial charge in [-0.2, -0.15) is 0 Å². The number of aliphatic hydroxyl groups is 2. The highest BCUT2D eigenvalue weighted by molar-refractivity contribution is 6.30. The molecule has 0 spiro atoms. The van der Waals surface area contributed by atoms with Crippen LogP contribution in [0.5, 0.6) is 0 Å². The molecular weight excluding hydrogens is 202 g/mol. The molecule has 1 atom stereocenters. The summed E-state index contributed by atoms with van der Waals surface area (Å²) in [4.78, 5) is 13.1. The Balaban J connectivity index is 2.20. The van der Waals surface area contributed by atoms with E-state index in [-0.39, 0.29) is 18.2 Å². The second-order valence-electron chi connectivity index (χ2n) is 3.56. The second-order valence-corrected chi connectivity index (χ2v) is 5.48. The number of hydrogen-bond acceptors (Lipinski definition) is 4. The standard InChI is InChI=1S/C8H17NO4Si/c1-6(14-13-5-8(11)12)9-4-2-3-7(9)10/h6,8,11-12H,2-5,14H2,1H3. The quantitative estimate of drug-likeness (QED) is 0.430. The van der Waals surface area contributed by atoms with Gasteiger partial charge in [0.15, 0.2) is 16.1 Å². The first kappa shape index (κ1) is 11.6. The molecule has 1 rings (SSSR count). The van der Waals surface area contributed by atoms with Gasteiger partial charge in [-0.3, -0.25) is 4.79 Å². The highest BCUT2D eigenvalue weighted by Gasteiger charge is 2.25. The maximum atomic E-state index is 11.3. The normalized spacial score (nSPS) is 20.3. The number of aliphatic hydroxyl groups excluding tert-OH is 1. The maximum Gasteiger partial charge on any atom is 0.222 e. The predicted molar refractivity (Wildman–Crippen MR) is 53.1 cm³/mol. The highest BCUT2D eigenvalue weighted by Crippen LogP contribution is 2.12. The van der Waals surface area contributed by atoms with Gasteiger partial charge in [0.25, 0.3) is 0 Å². The minimum absolute atomic E-state index is 0.0431. The van der Waals surface area contributed by atoms with Crippen molar-refractivity contribution in [3.05, 3.63) is 0 Å². The van der Waals surface area contributed by atoms with Gasteiger partial charge in [-0.1, -0.05) is 0 Å². The number of rotatable bonds is 5. The Morgan fingerprint density at radius 2 is 2.36 bits per heavy atom. The first-order valence-corrected chi connectivity index (χ1v) is 6.24. The molecule has 1 aliphatic heterocycles. The molecule has 0 aliphatic carbocycles. The SMILES string of the molecule is CC([SiH2]OCC(O)O)N1CCCC1=O. The maximum absolute atomic E-state index is 11.3. The highest BCUT2D eigenvalue weighted by atomic mass is 28.2. The molecule has 1 aliphatic rings. The summed E-state index contributed by atoms with van der Waals surface area (Å²) in [5, 5.41) is 17.1. The summed E-state index contributed by atoms with van der Waals surface area (Å²) in [5.41, 5.74) is 0.156. The lowest BCUT2D eigenvalue weighted by Gasteiger charge is -2.23. The molecular formula is C8H17NO4Si. The van der Waals surface area contributed by atoms with Crippen LogP contribution in [0.4, 0.5) is 0 Å². The third-order valence-corrected chi connectivity index (χ3v) is 3.66. The fraction of sp³-hybridized carbons (Fsp3) is 0.875. The van der Waals surface area contributed by atoms with E-state index in [1.807, 2.05) is 11.8 Å². The van der Waals surface area contributed by atoms with Crippen LogP contribution < -0.4 is 0 Å². The number of amides is 1. The largest absolute Gasteiger partial charge is 0.417 e. The molecule has 0 saturated carbocycles. The van der Waals surface area contributed by atoms with Gasteiger partial charge in [-0.05, 0) is 13.3 Å². The minimum atomic E-state index is -1.40. The van der Waals surface area contributed by atoms with E-state index < -0.39 is 16.1 Å². The van der Waals surface area contributed by atoms with Crippen LogP contribution in [0.25, 0.3) is 0 Å². The summed E-state index contributed by atoms with van der Waals surface area (Å²) >= 11 is 0. The lowest BCUT2D eigenvalue weighted by Crippen LogP contribution is -2.39. The van der Waals surface area contributed by atoms with E-state index in [2.05, 4.69) is 0 Å².